The zero-order valence-electron chi connectivity index (χ0n) is 28.6. The molecule has 1 saturated heterocycles. The maximum absolute atomic E-state index is 12.8. The first-order valence-electron chi connectivity index (χ1n) is 16.4. The molecule has 0 spiro atoms. The van der Waals surface area contributed by atoms with Gasteiger partial charge in [-0.3, -0.25) is 0 Å². The first-order valence-corrected chi connectivity index (χ1v) is 16.4. The molecule has 0 saturated carbocycles. The summed E-state index contributed by atoms with van der Waals surface area (Å²) in [5.41, 5.74) is 2.71. The van der Waals surface area contributed by atoms with Crippen molar-refractivity contribution in [2.24, 2.45) is 0 Å². The van der Waals surface area contributed by atoms with E-state index >= 15 is 0 Å². The third-order valence-electron chi connectivity index (χ3n) is 7.71. The van der Waals surface area contributed by atoms with Crippen molar-refractivity contribution in [3.63, 3.8) is 0 Å². The Morgan fingerprint density at radius 1 is 0.936 bits per heavy atom. The van der Waals surface area contributed by atoms with Crippen LogP contribution in [0.1, 0.15) is 79.1 Å². The van der Waals surface area contributed by atoms with E-state index in [0.29, 0.717) is 31.2 Å². The van der Waals surface area contributed by atoms with Gasteiger partial charge in [0.05, 0.1) is 30.2 Å². The molecule has 1 aromatic heterocycles. The van der Waals surface area contributed by atoms with Crippen molar-refractivity contribution in [1.29, 1.82) is 0 Å². The average Bonchev–Trinajstić information content (AvgIpc) is 3.77. The van der Waals surface area contributed by atoms with Gasteiger partial charge in [-0.25, -0.2) is 14.6 Å². The molecular formula is C36H48N6O5. The van der Waals surface area contributed by atoms with Crippen LogP contribution >= 0.6 is 0 Å². The molecule has 11 nitrogen and oxygen atoms in total. The highest BCUT2D eigenvalue weighted by Crippen LogP contribution is 2.29. The van der Waals surface area contributed by atoms with Gasteiger partial charge in [0.25, 0.3) is 0 Å². The van der Waals surface area contributed by atoms with E-state index in [-0.39, 0.29) is 24.4 Å². The van der Waals surface area contributed by atoms with Crippen molar-refractivity contribution in [3.8, 4) is 22.8 Å². The summed E-state index contributed by atoms with van der Waals surface area (Å²) < 4.78 is 17.3. The number of H-pyrrole nitrogens is 1. The first kappa shape index (κ1) is 33.7. The molecule has 252 valence electrons. The number of aromatic nitrogens is 2. The normalized spacial score (nSPS) is 17.9. The van der Waals surface area contributed by atoms with E-state index in [1.54, 1.807) is 11.1 Å². The second-order valence-corrected chi connectivity index (χ2v) is 14.0. The average molecular weight is 645 g/mol. The van der Waals surface area contributed by atoms with Crippen molar-refractivity contribution in [3.05, 3.63) is 72.3 Å². The van der Waals surface area contributed by atoms with E-state index in [1.807, 2.05) is 108 Å². The maximum Gasteiger partial charge on any atom is 0.410 e. The number of carbonyl (C=O) groups is 2. The van der Waals surface area contributed by atoms with Crippen LogP contribution in [-0.4, -0.2) is 68.5 Å². The molecule has 47 heavy (non-hydrogen) atoms. The number of carbonyl (C=O) groups excluding carboxylic acids is 2. The Morgan fingerprint density at radius 2 is 1.57 bits per heavy atom. The largest absolute Gasteiger partial charge is 0.457 e. The molecule has 3 heterocycles. The number of likely N-dealkylation sites (tertiary alicyclic amines) is 1. The van der Waals surface area contributed by atoms with Gasteiger partial charge < -0.3 is 39.6 Å². The van der Waals surface area contributed by atoms with Crippen LogP contribution in [0.5, 0.6) is 11.5 Å². The SMILES string of the molecule is CCCN(Cc1ncc(-c2ccc(Oc3ccc(C4=CNC(C5CCCN5C(=O)OC(C)(C)C)N4)cc3)cc2)[nH]1)C(=O)OC(C)(C)C. The minimum atomic E-state index is -0.557. The van der Waals surface area contributed by atoms with Crippen molar-refractivity contribution < 1.29 is 23.8 Å². The summed E-state index contributed by atoms with van der Waals surface area (Å²) in [6.07, 6.45) is 5.71. The summed E-state index contributed by atoms with van der Waals surface area (Å²) >= 11 is 0. The second kappa shape index (κ2) is 14.0. The highest BCUT2D eigenvalue weighted by atomic mass is 16.6. The Morgan fingerprint density at radius 3 is 2.19 bits per heavy atom. The predicted molar refractivity (Wildman–Crippen MR) is 181 cm³/mol. The summed E-state index contributed by atoms with van der Waals surface area (Å²) in [6, 6.07) is 15.7. The van der Waals surface area contributed by atoms with Crippen LogP contribution in [0.4, 0.5) is 9.59 Å². The zero-order valence-corrected chi connectivity index (χ0v) is 28.6. The lowest BCUT2D eigenvalue weighted by Crippen LogP contribution is -2.52. The van der Waals surface area contributed by atoms with Crippen LogP contribution in [0.15, 0.2) is 60.9 Å². The van der Waals surface area contributed by atoms with Gasteiger partial charge in [-0.15, -0.1) is 0 Å². The van der Waals surface area contributed by atoms with Gasteiger partial charge in [0.15, 0.2) is 0 Å². The molecule has 2 aliphatic heterocycles. The van der Waals surface area contributed by atoms with Crippen molar-refractivity contribution in [1.82, 2.24) is 30.4 Å². The van der Waals surface area contributed by atoms with Crippen molar-refractivity contribution >= 4 is 17.9 Å². The summed E-state index contributed by atoms with van der Waals surface area (Å²) in [6.45, 7) is 14.9. The molecule has 3 N–H and O–H groups in total. The van der Waals surface area contributed by atoms with Crippen LogP contribution < -0.4 is 15.4 Å². The number of ether oxygens (including phenoxy) is 3. The van der Waals surface area contributed by atoms with Crippen LogP contribution in [0, 0.1) is 0 Å². The number of nitrogens with zero attached hydrogens (tertiary/aromatic N) is 3. The lowest BCUT2D eigenvalue weighted by Gasteiger charge is -2.32. The third-order valence-corrected chi connectivity index (χ3v) is 7.71. The molecule has 2 amide bonds. The van der Waals surface area contributed by atoms with E-state index < -0.39 is 11.2 Å². The molecule has 1 fully saturated rings. The van der Waals surface area contributed by atoms with Crippen LogP contribution in [0.25, 0.3) is 17.0 Å². The summed E-state index contributed by atoms with van der Waals surface area (Å²) in [4.78, 5) is 36.8. The Bertz CT molecular complexity index is 1550. The summed E-state index contributed by atoms with van der Waals surface area (Å²) in [5.74, 6) is 2.12. The summed E-state index contributed by atoms with van der Waals surface area (Å²) in [5, 5.41) is 6.96. The third kappa shape index (κ3) is 8.99. The quantitative estimate of drug-likeness (QED) is 0.223. The van der Waals surface area contributed by atoms with E-state index in [1.165, 1.54) is 0 Å². The fourth-order valence-corrected chi connectivity index (χ4v) is 5.63. The fraction of sp³-hybridized carbons (Fsp3) is 0.472. The molecule has 2 unspecified atom stereocenters. The number of hydrogen-bond acceptors (Lipinski definition) is 8. The highest BCUT2D eigenvalue weighted by molar-refractivity contribution is 5.70. The number of rotatable bonds is 9. The van der Waals surface area contributed by atoms with E-state index in [9.17, 15) is 9.59 Å². The summed E-state index contributed by atoms with van der Waals surface area (Å²) in [7, 11) is 0. The Balaban J connectivity index is 1.15. The molecule has 0 radical (unpaired) electrons. The van der Waals surface area contributed by atoms with Gasteiger partial charge in [0.1, 0.15) is 34.7 Å². The number of hydrogen-bond donors (Lipinski definition) is 3. The van der Waals surface area contributed by atoms with Crippen molar-refractivity contribution in [2.45, 2.75) is 97.7 Å². The predicted octanol–water partition coefficient (Wildman–Crippen LogP) is 7.23. The van der Waals surface area contributed by atoms with E-state index in [2.05, 4.69) is 20.6 Å². The van der Waals surface area contributed by atoms with Crippen LogP contribution in [0.3, 0.4) is 0 Å². The number of amides is 2. The number of benzene rings is 2. The molecule has 11 heteroatoms. The topological polar surface area (TPSA) is 121 Å². The van der Waals surface area contributed by atoms with Crippen LogP contribution in [0.2, 0.25) is 0 Å². The highest BCUT2D eigenvalue weighted by Gasteiger charge is 2.38. The lowest BCUT2D eigenvalue weighted by atomic mass is 10.1. The Kier molecular flexibility index (Phi) is 10.0. The van der Waals surface area contributed by atoms with E-state index in [4.69, 9.17) is 14.2 Å². The molecular weight excluding hydrogens is 596 g/mol. The fourth-order valence-electron chi connectivity index (χ4n) is 5.63. The van der Waals surface area contributed by atoms with E-state index in [0.717, 1.165) is 47.5 Å². The molecule has 0 bridgehead atoms. The molecule has 2 aromatic carbocycles. The standard InChI is InChI=1S/C36H48N6O5/c1-8-19-41(33(43)46-35(2,3)4)23-31-37-21-28(39-31)24-11-15-26(16-12-24)45-27-17-13-25(14-18-27)29-22-38-32(40-29)30-10-9-20-42(30)34(44)47-36(5,6)7/h11-18,21-22,30,32,38,40H,8-10,19-20,23H2,1-7H3,(H,37,39). The minimum Gasteiger partial charge on any atom is -0.457 e. The van der Waals surface area contributed by atoms with Gasteiger partial charge in [-0.2, -0.15) is 0 Å². The number of imidazole rings is 1. The molecule has 2 atom stereocenters. The first-order chi connectivity index (χ1) is 22.3. The lowest BCUT2D eigenvalue weighted by molar-refractivity contribution is 0.0194. The molecule has 5 rings (SSSR count). The molecule has 0 aliphatic carbocycles. The maximum atomic E-state index is 12.8. The van der Waals surface area contributed by atoms with Gasteiger partial charge in [0, 0.05) is 19.3 Å². The van der Waals surface area contributed by atoms with Crippen molar-refractivity contribution in [2.75, 3.05) is 13.1 Å². The number of nitrogens with one attached hydrogen (secondary N) is 3. The Hall–Kier alpha value is -4.67. The van der Waals surface area contributed by atoms with Gasteiger partial charge in [-0.1, -0.05) is 6.92 Å². The van der Waals surface area contributed by atoms with Gasteiger partial charge in [-0.05, 0) is 120 Å². The minimum absolute atomic E-state index is 0.00510. The van der Waals surface area contributed by atoms with Gasteiger partial charge >= 0.3 is 12.2 Å². The smallest absolute Gasteiger partial charge is 0.410 e. The molecule has 3 aromatic rings. The second-order valence-electron chi connectivity index (χ2n) is 14.0. The zero-order chi connectivity index (χ0) is 33.8. The van der Waals surface area contributed by atoms with Gasteiger partial charge in [0.2, 0.25) is 0 Å². The molecule has 2 aliphatic rings. The monoisotopic (exact) mass is 644 g/mol. The van der Waals surface area contributed by atoms with Crippen LogP contribution in [-0.2, 0) is 16.0 Å². The Labute approximate surface area is 277 Å². The number of aromatic amines is 1.